The Morgan fingerprint density at radius 3 is 1.34 bits per heavy atom. The van der Waals surface area contributed by atoms with Gasteiger partial charge in [0.05, 0.1) is 0 Å². The lowest BCUT2D eigenvalue weighted by Crippen LogP contribution is -2.28. The predicted octanol–water partition coefficient (Wildman–Crippen LogP) is 4.39. The summed E-state index contributed by atoms with van der Waals surface area (Å²) in [5.41, 5.74) is 0.558. The highest BCUT2D eigenvalue weighted by Crippen LogP contribution is 2.48. The molecule has 4 nitrogen and oxygen atoms in total. The van der Waals surface area contributed by atoms with Crippen molar-refractivity contribution in [2.24, 2.45) is 0 Å². The maximum Gasteiger partial charge on any atom is 0.0274 e. The second-order valence-electron chi connectivity index (χ2n) is 7.60. The Morgan fingerprint density at radius 1 is 0.594 bits per heavy atom. The molecule has 0 aliphatic rings. The fourth-order valence-electron chi connectivity index (χ4n) is 3.94. The van der Waals surface area contributed by atoms with Crippen LogP contribution in [-0.2, 0) is 0 Å². The van der Waals surface area contributed by atoms with E-state index in [1.165, 1.54) is 40.5 Å². The first-order chi connectivity index (χ1) is 15.9. The van der Waals surface area contributed by atoms with Crippen molar-refractivity contribution in [3.05, 3.63) is 98.1 Å². The molecule has 0 radical (unpaired) electrons. The molecule has 0 saturated heterocycles. The molecule has 162 valence electrons. The van der Waals surface area contributed by atoms with Crippen LogP contribution in [0, 0.1) is 0 Å². The molecule has 0 spiro atoms. The maximum atomic E-state index is 4.29. The average Bonchev–Trinajstić information content (AvgIpc) is 2.88. The van der Waals surface area contributed by atoms with Crippen LogP contribution in [0.5, 0.6) is 0 Å². The Kier molecular flexibility index (Phi) is 8.42. The number of unbranched alkanes of at least 4 members (excludes halogenated alkanes) is 1. The van der Waals surface area contributed by atoms with Crippen LogP contribution in [0.25, 0.3) is 0 Å². The van der Waals surface area contributed by atoms with Gasteiger partial charge in [-0.2, -0.15) is 0 Å². The van der Waals surface area contributed by atoms with Crippen molar-refractivity contribution in [3.8, 4) is 0 Å². The maximum absolute atomic E-state index is 4.29. The number of rotatable bonds is 10. The lowest BCUT2D eigenvalue weighted by molar-refractivity contribution is 0.713. The molecule has 0 amide bonds. The summed E-state index contributed by atoms with van der Waals surface area (Å²) in [7, 11) is -1.05. The van der Waals surface area contributed by atoms with Crippen molar-refractivity contribution < 1.29 is 0 Å². The van der Waals surface area contributed by atoms with Gasteiger partial charge in [-0.3, -0.25) is 19.9 Å². The fourth-order valence-corrected chi connectivity index (χ4v) is 9.89. The first kappa shape index (κ1) is 22.6. The first-order valence-electron chi connectivity index (χ1n) is 11.0. The molecular weight excluding hydrogens is 430 g/mol. The monoisotopic (exact) mass is 458 g/mol. The molecular formula is C26H28N4P2. The fraction of sp³-hybridized carbons (Fsp3) is 0.231. The summed E-state index contributed by atoms with van der Waals surface area (Å²) in [6.45, 7) is 2.28. The molecule has 0 aromatic carbocycles. The van der Waals surface area contributed by atoms with Crippen molar-refractivity contribution in [3.63, 3.8) is 0 Å². The van der Waals surface area contributed by atoms with Gasteiger partial charge in [-0.1, -0.05) is 19.8 Å². The van der Waals surface area contributed by atoms with Crippen molar-refractivity contribution in [2.75, 3.05) is 6.16 Å². The van der Waals surface area contributed by atoms with Gasteiger partial charge < -0.3 is 0 Å². The molecule has 4 heterocycles. The number of pyridine rings is 4. The number of nitrogens with zero attached hydrogens (tertiary/aromatic N) is 4. The second-order valence-corrected chi connectivity index (χ2v) is 12.4. The molecule has 1 unspecified atom stereocenters. The van der Waals surface area contributed by atoms with Gasteiger partial charge in [0.1, 0.15) is 0 Å². The first-order valence-corrected chi connectivity index (χ1v) is 14.0. The molecule has 0 aliphatic heterocycles. The van der Waals surface area contributed by atoms with Gasteiger partial charge in [0, 0.05) is 49.6 Å². The van der Waals surface area contributed by atoms with Gasteiger partial charge in [0.25, 0.3) is 0 Å². The predicted molar refractivity (Wildman–Crippen MR) is 138 cm³/mol. The summed E-state index contributed by atoms with van der Waals surface area (Å²) < 4.78 is 0. The molecule has 32 heavy (non-hydrogen) atoms. The SMILES string of the molecule is CCCCC(CP(c1ccncc1)c1ccncc1)P(c1ccncc1)c1ccncc1. The van der Waals surface area contributed by atoms with Gasteiger partial charge in [-0.05, 0) is 104 Å². The van der Waals surface area contributed by atoms with Crippen LogP contribution in [0.3, 0.4) is 0 Å². The quantitative estimate of drug-likeness (QED) is 0.331. The zero-order valence-electron chi connectivity index (χ0n) is 18.3. The number of hydrogen-bond acceptors (Lipinski definition) is 4. The van der Waals surface area contributed by atoms with Gasteiger partial charge in [-0.25, -0.2) is 0 Å². The van der Waals surface area contributed by atoms with Crippen molar-refractivity contribution >= 4 is 37.1 Å². The van der Waals surface area contributed by atoms with E-state index < -0.39 is 15.8 Å². The van der Waals surface area contributed by atoms with E-state index >= 15 is 0 Å². The Bertz CT molecular complexity index is 971. The van der Waals surface area contributed by atoms with E-state index in [2.05, 4.69) is 75.4 Å². The third kappa shape index (κ3) is 5.82. The van der Waals surface area contributed by atoms with Crippen molar-refractivity contribution in [1.29, 1.82) is 0 Å². The molecule has 4 aromatic rings. The zero-order valence-corrected chi connectivity index (χ0v) is 20.1. The van der Waals surface area contributed by atoms with Crippen LogP contribution in [-0.4, -0.2) is 31.8 Å². The highest BCUT2D eigenvalue weighted by molar-refractivity contribution is 7.77. The van der Waals surface area contributed by atoms with Crippen LogP contribution in [0.1, 0.15) is 26.2 Å². The summed E-state index contributed by atoms with van der Waals surface area (Å²) >= 11 is 0. The van der Waals surface area contributed by atoms with Crippen molar-refractivity contribution in [1.82, 2.24) is 19.9 Å². The molecule has 0 bridgehead atoms. The number of hydrogen-bond donors (Lipinski definition) is 0. The van der Waals surface area contributed by atoms with Gasteiger partial charge in [-0.15, -0.1) is 0 Å². The van der Waals surface area contributed by atoms with Gasteiger partial charge in [0.2, 0.25) is 0 Å². The van der Waals surface area contributed by atoms with E-state index in [0.29, 0.717) is 5.66 Å². The van der Waals surface area contributed by atoms with Gasteiger partial charge in [0.15, 0.2) is 0 Å². The molecule has 4 rings (SSSR count). The average molecular weight is 458 g/mol. The molecule has 0 saturated carbocycles. The topological polar surface area (TPSA) is 51.6 Å². The van der Waals surface area contributed by atoms with Crippen LogP contribution in [0.2, 0.25) is 0 Å². The molecule has 0 N–H and O–H groups in total. The second kappa shape index (κ2) is 11.9. The van der Waals surface area contributed by atoms with E-state index in [1.807, 2.05) is 49.6 Å². The Balaban J connectivity index is 1.76. The largest absolute Gasteiger partial charge is 0.265 e. The van der Waals surface area contributed by atoms with Gasteiger partial charge >= 0.3 is 0 Å². The highest BCUT2D eigenvalue weighted by Gasteiger charge is 2.28. The van der Waals surface area contributed by atoms with Crippen LogP contribution in [0.4, 0.5) is 0 Å². The minimum absolute atomic E-state index is 0.515. The third-order valence-corrected chi connectivity index (χ3v) is 11.3. The van der Waals surface area contributed by atoms with Crippen LogP contribution < -0.4 is 21.2 Å². The Hall–Kier alpha value is -2.54. The minimum atomic E-state index is -0.534. The minimum Gasteiger partial charge on any atom is -0.265 e. The lowest BCUT2D eigenvalue weighted by atomic mass is 10.2. The van der Waals surface area contributed by atoms with Crippen molar-refractivity contribution in [2.45, 2.75) is 31.8 Å². The molecule has 0 fully saturated rings. The van der Waals surface area contributed by atoms with E-state index in [4.69, 9.17) is 0 Å². The molecule has 4 aromatic heterocycles. The summed E-state index contributed by atoms with van der Waals surface area (Å²) in [5, 5.41) is 5.53. The highest BCUT2D eigenvalue weighted by atomic mass is 31.1. The zero-order chi connectivity index (χ0) is 22.0. The lowest BCUT2D eigenvalue weighted by Gasteiger charge is -2.32. The summed E-state index contributed by atoms with van der Waals surface area (Å²) in [6.07, 6.45) is 20.2. The third-order valence-electron chi connectivity index (χ3n) is 5.48. The normalized spacial score (nSPS) is 12.2. The van der Waals surface area contributed by atoms with E-state index in [9.17, 15) is 0 Å². The van der Waals surface area contributed by atoms with E-state index in [-0.39, 0.29) is 0 Å². The number of aromatic nitrogens is 4. The Labute approximate surface area is 193 Å². The molecule has 6 heteroatoms. The smallest absolute Gasteiger partial charge is 0.0274 e. The van der Waals surface area contributed by atoms with Crippen LogP contribution in [0.15, 0.2) is 98.1 Å². The Morgan fingerprint density at radius 2 is 0.969 bits per heavy atom. The van der Waals surface area contributed by atoms with E-state index in [1.54, 1.807) is 0 Å². The summed E-state index contributed by atoms with van der Waals surface area (Å²) in [6, 6.07) is 17.5. The molecule has 1 atom stereocenters. The summed E-state index contributed by atoms with van der Waals surface area (Å²) in [5.74, 6) is 0. The summed E-state index contributed by atoms with van der Waals surface area (Å²) in [4.78, 5) is 17.1. The standard InChI is InChI=1S/C26H28N4P2/c1-2-3-4-26(32(24-9-17-29-18-10-24)25-11-19-30-20-12-25)21-31(22-5-13-27-14-6-22)23-7-15-28-16-8-23/h5-20,26H,2-4,21H2,1H3. The van der Waals surface area contributed by atoms with E-state index in [0.717, 1.165) is 6.16 Å². The van der Waals surface area contributed by atoms with Crippen LogP contribution >= 0.6 is 15.8 Å². The molecule has 0 aliphatic carbocycles.